The summed E-state index contributed by atoms with van der Waals surface area (Å²) < 4.78 is 0. The molecule has 1 aromatic rings. The normalized spacial score (nSPS) is 19.2. The summed E-state index contributed by atoms with van der Waals surface area (Å²) in [5, 5.41) is 5.61. The van der Waals surface area contributed by atoms with Crippen molar-refractivity contribution < 1.29 is 14.4 Å². The van der Waals surface area contributed by atoms with E-state index in [1.165, 1.54) is 0 Å². The van der Waals surface area contributed by atoms with Crippen molar-refractivity contribution in [2.45, 2.75) is 51.0 Å². The summed E-state index contributed by atoms with van der Waals surface area (Å²) in [5.41, 5.74) is 0.975. The molecule has 1 heterocycles. The van der Waals surface area contributed by atoms with E-state index in [-0.39, 0.29) is 24.3 Å². The first-order valence-electron chi connectivity index (χ1n) is 8.46. The molecule has 6 nitrogen and oxygen atoms in total. The van der Waals surface area contributed by atoms with Crippen molar-refractivity contribution in [2.75, 3.05) is 11.9 Å². The lowest BCUT2D eigenvalue weighted by atomic mass is 9.98. The fourth-order valence-corrected chi connectivity index (χ4v) is 3.58. The van der Waals surface area contributed by atoms with E-state index in [9.17, 15) is 14.4 Å². The molecule has 0 atom stereocenters. The van der Waals surface area contributed by atoms with Crippen molar-refractivity contribution in [1.82, 2.24) is 10.2 Å². The Morgan fingerprint density at radius 1 is 1.25 bits per heavy atom. The lowest BCUT2D eigenvalue weighted by Gasteiger charge is -2.20. The summed E-state index contributed by atoms with van der Waals surface area (Å²) in [4.78, 5) is 38.1. The number of carbonyl (C=O) groups excluding carboxylic acids is 3. The smallest absolute Gasteiger partial charge is 0.324 e. The zero-order valence-corrected chi connectivity index (χ0v) is 14.1. The molecule has 3 rings (SSSR count). The molecule has 6 heteroatoms. The third-order valence-corrected chi connectivity index (χ3v) is 4.86. The van der Waals surface area contributed by atoms with Gasteiger partial charge in [-0.25, -0.2) is 4.79 Å². The minimum Gasteiger partial charge on any atom is -0.324 e. The van der Waals surface area contributed by atoms with Crippen LogP contribution in [0.15, 0.2) is 24.3 Å². The van der Waals surface area contributed by atoms with E-state index in [1.54, 1.807) is 0 Å². The van der Waals surface area contributed by atoms with Gasteiger partial charge in [0.15, 0.2) is 0 Å². The molecule has 0 bridgehead atoms. The van der Waals surface area contributed by atoms with Crippen LogP contribution in [-0.4, -0.2) is 34.8 Å². The number of benzene rings is 1. The number of urea groups is 1. The van der Waals surface area contributed by atoms with Crippen molar-refractivity contribution in [3.63, 3.8) is 0 Å². The largest absolute Gasteiger partial charge is 0.325 e. The molecule has 1 aliphatic heterocycles. The van der Waals surface area contributed by atoms with Gasteiger partial charge in [-0.3, -0.25) is 14.5 Å². The molecule has 1 saturated heterocycles. The molecular formula is C18H23N3O3. The summed E-state index contributed by atoms with van der Waals surface area (Å²) in [6.07, 6.45) is 3.17. The molecule has 2 aliphatic rings. The van der Waals surface area contributed by atoms with Crippen molar-refractivity contribution in [2.24, 2.45) is 0 Å². The van der Waals surface area contributed by atoms with Gasteiger partial charge in [0.2, 0.25) is 5.91 Å². The predicted octanol–water partition coefficient (Wildman–Crippen LogP) is 2.61. The number of imide groups is 1. The molecule has 1 saturated carbocycles. The first-order valence-corrected chi connectivity index (χ1v) is 8.46. The standard InChI is InChI=1S/C18H23N3O3/c1-12(2)13-7-3-4-8-14(13)19-15(22)11-21-16(23)18(20-17(21)24)9-5-6-10-18/h3-4,7-8,12H,5-6,9-11H2,1-2H3,(H,19,22)(H,20,24). The summed E-state index contributed by atoms with van der Waals surface area (Å²) >= 11 is 0. The van der Waals surface area contributed by atoms with Crippen LogP contribution >= 0.6 is 0 Å². The molecule has 4 amide bonds. The Balaban J connectivity index is 1.70. The van der Waals surface area contributed by atoms with Crippen LogP contribution in [0, 0.1) is 0 Å². The van der Waals surface area contributed by atoms with E-state index in [4.69, 9.17) is 0 Å². The SMILES string of the molecule is CC(C)c1ccccc1NC(=O)CN1C(=O)NC2(CCCC2)C1=O. The van der Waals surface area contributed by atoms with Crippen LogP contribution in [0.1, 0.15) is 51.0 Å². The van der Waals surface area contributed by atoms with E-state index in [2.05, 4.69) is 10.6 Å². The number of rotatable bonds is 4. The molecule has 1 aromatic carbocycles. The highest BCUT2D eigenvalue weighted by molar-refractivity contribution is 6.10. The zero-order valence-electron chi connectivity index (χ0n) is 14.1. The second-order valence-electron chi connectivity index (χ2n) is 6.90. The fraction of sp³-hybridized carbons (Fsp3) is 0.500. The molecule has 0 radical (unpaired) electrons. The average Bonchev–Trinajstić information content (AvgIpc) is 3.09. The molecular weight excluding hydrogens is 306 g/mol. The Hall–Kier alpha value is -2.37. The van der Waals surface area contributed by atoms with Crippen molar-refractivity contribution in [3.8, 4) is 0 Å². The Morgan fingerprint density at radius 2 is 1.92 bits per heavy atom. The van der Waals surface area contributed by atoms with Gasteiger partial charge in [-0.2, -0.15) is 0 Å². The summed E-state index contributed by atoms with van der Waals surface area (Å²) in [6, 6.07) is 7.10. The molecule has 128 valence electrons. The van der Waals surface area contributed by atoms with Crippen LogP contribution in [0.3, 0.4) is 0 Å². The van der Waals surface area contributed by atoms with Crippen LogP contribution in [0.4, 0.5) is 10.5 Å². The summed E-state index contributed by atoms with van der Waals surface area (Å²) in [7, 11) is 0. The van der Waals surface area contributed by atoms with Crippen molar-refractivity contribution in [3.05, 3.63) is 29.8 Å². The van der Waals surface area contributed by atoms with Crippen LogP contribution < -0.4 is 10.6 Å². The summed E-state index contributed by atoms with van der Waals surface area (Å²) in [5.74, 6) is -0.362. The van der Waals surface area contributed by atoms with Crippen molar-refractivity contribution in [1.29, 1.82) is 0 Å². The Bertz CT molecular complexity index is 678. The van der Waals surface area contributed by atoms with Gasteiger partial charge in [-0.15, -0.1) is 0 Å². The highest BCUT2D eigenvalue weighted by Crippen LogP contribution is 2.35. The van der Waals surface area contributed by atoms with Crippen LogP contribution in [0.2, 0.25) is 0 Å². The number of hydrogen-bond donors (Lipinski definition) is 2. The molecule has 2 N–H and O–H groups in total. The minimum atomic E-state index is -0.771. The van der Waals surface area contributed by atoms with Gasteiger partial charge >= 0.3 is 6.03 Å². The van der Waals surface area contributed by atoms with E-state index in [0.717, 1.165) is 29.0 Å². The maximum atomic E-state index is 12.6. The first kappa shape index (κ1) is 16.5. The fourth-order valence-electron chi connectivity index (χ4n) is 3.58. The molecule has 24 heavy (non-hydrogen) atoms. The van der Waals surface area contributed by atoms with Gasteiger partial charge in [0.25, 0.3) is 5.91 Å². The number of anilines is 1. The quantitative estimate of drug-likeness (QED) is 0.834. The van der Waals surface area contributed by atoms with E-state index in [1.807, 2.05) is 38.1 Å². The predicted molar refractivity (Wildman–Crippen MR) is 90.6 cm³/mol. The van der Waals surface area contributed by atoms with Gasteiger partial charge in [0.05, 0.1) is 0 Å². The van der Waals surface area contributed by atoms with Gasteiger partial charge in [0.1, 0.15) is 12.1 Å². The maximum Gasteiger partial charge on any atom is 0.325 e. The van der Waals surface area contributed by atoms with E-state index < -0.39 is 11.6 Å². The topological polar surface area (TPSA) is 78.5 Å². The second-order valence-corrected chi connectivity index (χ2v) is 6.90. The third kappa shape index (κ3) is 2.88. The molecule has 0 aromatic heterocycles. The van der Waals surface area contributed by atoms with Crippen LogP contribution in [-0.2, 0) is 9.59 Å². The number of nitrogens with one attached hydrogen (secondary N) is 2. The van der Waals surface area contributed by atoms with Gasteiger partial charge in [-0.05, 0) is 30.4 Å². The molecule has 1 aliphatic carbocycles. The van der Waals surface area contributed by atoms with Crippen LogP contribution in [0.5, 0.6) is 0 Å². The Morgan fingerprint density at radius 3 is 2.58 bits per heavy atom. The Kier molecular flexibility index (Phi) is 4.30. The number of nitrogens with zero attached hydrogens (tertiary/aromatic N) is 1. The Labute approximate surface area is 141 Å². The highest BCUT2D eigenvalue weighted by Gasteiger charge is 2.52. The molecule has 1 spiro atoms. The summed E-state index contributed by atoms with van der Waals surface area (Å²) in [6.45, 7) is 3.84. The lowest BCUT2D eigenvalue weighted by molar-refractivity contribution is -0.133. The lowest BCUT2D eigenvalue weighted by Crippen LogP contribution is -2.44. The van der Waals surface area contributed by atoms with E-state index >= 15 is 0 Å². The number of carbonyl (C=O) groups is 3. The second kappa shape index (κ2) is 6.26. The van der Waals surface area contributed by atoms with Crippen molar-refractivity contribution >= 4 is 23.5 Å². The number of para-hydroxylation sites is 1. The number of amides is 4. The minimum absolute atomic E-state index is 0.251. The zero-order chi connectivity index (χ0) is 17.3. The average molecular weight is 329 g/mol. The highest BCUT2D eigenvalue weighted by atomic mass is 16.2. The third-order valence-electron chi connectivity index (χ3n) is 4.86. The monoisotopic (exact) mass is 329 g/mol. The maximum absolute atomic E-state index is 12.6. The van der Waals surface area contributed by atoms with Gasteiger partial charge < -0.3 is 10.6 Å². The van der Waals surface area contributed by atoms with E-state index in [0.29, 0.717) is 12.8 Å². The van der Waals surface area contributed by atoms with Gasteiger partial charge in [-0.1, -0.05) is 44.9 Å². The van der Waals surface area contributed by atoms with Gasteiger partial charge in [0, 0.05) is 5.69 Å². The first-order chi connectivity index (χ1) is 11.4. The molecule has 2 fully saturated rings. The van der Waals surface area contributed by atoms with Crippen LogP contribution in [0.25, 0.3) is 0 Å². The molecule has 0 unspecified atom stereocenters. The number of hydrogen-bond acceptors (Lipinski definition) is 3.